The third-order valence-electron chi connectivity index (χ3n) is 5.21. The van der Waals surface area contributed by atoms with Crippen LogP contribution in [0, 0.1) is 12.8 Å². The first-order valence-corrected chi connectivity index (χ1v) is 9.70. The molecule has 1 aliphatic heterocycles. The van der Waals surface area contributed by atoms with Crippen LogP contribution >= 0.6 is 0 Å². The molecule has 26 heavy (non-hydrogen) atoms. The molecule has 1 amide bonds. The first-order chi connectivity index (χ1) is 12.5. The van der Waals surface area contributed by atoms with Gasteiger partial charge in [-0.15, -0.1) is 0 Å². The summed E-state index contributed by atoms with van der Waals surface area (Å²) in [6.07, 6.45) is 2.05. The van der Waals surface area contributed by atoms with Crippen molar-refractivity contribution in [1.29, 1.82) is 0 Å². The second kappa shape index (κ2) is 8.50. The lowest BCUT2D eigenvalue weighted by Crippen LogP contribution is -2.48. The molecule has 1 aliphatic rings. The molecule has 2 aromatic carbocycles. The molecule has 3 heteroatoms. The summed E-state index contributed by atoms with van der Waals surface area (Å²) in [5, 5.41) is 0. The van der Waals surface area contributed by atoms with Gasteiger partial charge in [-0.3, -0.25) is 9.69 Å². The molecule has 138 valence electrons. The van der Waals surface area contributed by atoms with Crippen LogP contribution in [0.5, 0.6) is 0 Å². The highest BCUT2D eigenvalue weighted by atomic mass is 16.2. The molecular formula is C23H30N2O. The van der Waals surface area contributed by atoms with Crippen molar-refractivity contribution in [3.63, 3.8) is 0 Å². The maximum atomic E-state index is 12.9. The molecule has 1 heterocycles. The van der Waals surface area contributed by atoms with Crippen LogP contribution < -0.4 is 4.90 Å². The van der Waals surface area contributed by atoms with Crippen LogP contribution in [0.4, 0.5) is 5.69 Å². The van der Waals surface area contributed by atoms with Crippen LogP contribution in [-0.4, -0.2) is 29.9 Å². The van der Waals surface area contributed by atoms with Crippen molar-refractivity contribution in [1.82, 2.24) is 4.90 Å². The number of carbonyl (C=O) groups excluding carboxylic acids is 1. The Balaban J connectivity index is 1.66. The number of nitrogens with zero attached hydrogens (tertiary/aromatic N) is 2. The maximum Gasteiger partial charge on any atom is 0.229 e. The number of amides is 1. The lowest BCUT2D eigenvalue weighted by atomic mass is 9.99. The minimum Gasteiger partial charge on any atom is -0.309 e. The average molecular weight is 351 g/mol. The Morgan fingerprint density at radius 3 is 2.23 bits per heavy atom. The van der Waals surface area contributed by atoms with Gasteiger partial charge in [0.25, 0.3) is 0 Å². The zero-order valence-corrected chi connectivity index (χ0v) is 16.2. The normalized spacial score (nSPS) is 16.0. The largest absolute Gasteiger partial charge is 0.309 e. The third-order valence-corrected chi connectivity index (χ3v) is 5.21. The standard InChI is InChI=1S/C23H30N2O/c1-18(2)23(26)25(21-7-5-4-6-8-21)22-13-15-24(16-14-22)17-20-11-9-19(3)10-12-20/h4-12,18,22H,13-17H2,1-3H3. The molecule has 0 spiro atoms. The summed E-state index contributed by atoms with van der Waals surface area (Å²) < 4.78 is 0. The number of hydrogen-bond acceptors (Lipinski definition) is 2. The highest BCUT2D eigenvalue weighted by molar-refractivity contribution is 5.95. The number of benzene rings is 2. The smallest absolute Gasteiger partial charge is 0.229 e. The van der Waals surface area contributed by atoms with E-state index < -0.39 is 0 Å². The number of anilines is 1. The van der Waals surface area contributed by atoms with Crippen LogP contribution in [0.3, 0.4) is 0 Å². The van der Waals surface area contributed by atoms with Crippen LogP contribution in [0.15, 0.2) is 54.6 Å². The van der Waals surface area contributed by atoms with E-state index in [1.54, 1.807) is 0 Å². The number of para-hydroxylation sites is 1. The molecular weight excluding hydrogens is 320 g/mol. The number of piperidine rings is 1. The van der Waals surface area contributed by atoms with Crippen LogP contribution in [0.2, 0.25) is 0 Å². The maximum absolute atomic E-state index is 12.9. The quantitative estimate of drug-likeness (QED) is 0.784. The zero-order chi connectivity index (χ0) is 18.5. The van der Waals surface area contributed by atoms with E-state index >= 15 is 0 Å². The van der Waals surface area contributed by atoms with Gasteiger partial charge in [0, 0.05) is 37.3 Å². The molecule has 0 unspecified atom stereocenters. The van der Waals surface area contributed by atoms with Crippen molar-refractivity contribution >= 4 is 11.6 Å². The van der Waals surface area contributed by atoms with Gasteiger partial charge in [-0.05, 0) is 37.5 Å². The second-order valence-corrected chi connectivity index (χ2v) is 7.69. The van der Waals surface area contributed by atoms with E-state index in [4.69, 9.17) is 0 Å². The molecule has 0 aromatic heterocycles. The summed E-state index contributed by atoms with van der Waals surface area (Å²) in [7, 11) is 0. The average Bonchev–Trinajstić information content (AvgIpc) is 2.66. The van der Waals surface area contributed by atoms with Crippen molar-refractivity contribution in [2.24, 2.45) is 5.92 Å². The Kier molecular flexibility index (Phi) is 6.10. The Hall–Kier alpha value is -2.13. The fourth-order valence-electron chi connectivity index (χ4n) is 3.67. The number of aryl methyl sites for hydroxylation is 1. The predicted molar refractivity (Wildman–Crippen MR) is 108 cm³/mol. The minimum atomic E-state index is 0.0146. The molecule has 1 saturated heterocycles. The molecule has 2 aromatic rings. The van der Waals surface area contributed by atoms with Gasteiger partial charge in [0.1, 0.15) is 0 Å². The van der Waals surface area contributed by atoms with Gasteiger partial charge in [-0.25, -0.2) is 0 Å². The Bertz CT molecular complexity index is 701. The Morgan fingerprint density at radius 1 is 1.04 bits per heavy atom. The minimum absolute atomic E-state index is 0.0146. The van der Waals surface area contributed by atoms with Gasteiger partial charge in [0.15, 0.2) is 0 Å². The lowest BCUT2D eigenvalue weighted by molar-refractivity contribution is -0.122. The van der Waals surface area contributed by atoms with Crippen molar-refractivity contribution in [2.45, 2.75) is 46.2 Å². The van der Waals surface area contributed by atoms with Gasteiger partial charge in [0.05, 0.1) is 0 Å². The van der Waals surface area contributed by atoms with E-state index in [1.807, 2.05) is 36.9 Å². The molecule has 3 rings (SSSR count). The SMILES string of the molecule is Cc1ccc(CN2CCC(N(C(=O)C(C)C)c3ccccc3)CC2)cc1. The van der Waals surface area contributed by atoms with Crippen LogP contribution in [0.25, 0.3) is 0 Å². The third kappa shape index (κ3) is 4.53. The number of carbonyl (C=O) groups is 1. The van der Waals surface area contributed by atoms with E-state index in [0.29, 0.717) is 6.04 Å². The highest BCUT2D eigenvalue weighted by Crippen LogP contribution is 2.26. The second-order valence-electron chi connectivity index (χ2n) is 7.69. The molecule has 0 N–H and O–H groups in total. The Morgan fingerprint density at radius 2 is 1.65 bits per heavy atom. The topological polar surface area (TPSA) is 23.6 Å². The fourth-order valence-corrected chi connectivity index (χ4v) is 3.67. The number of likely N-dealkylation sites (tertiary alicyclic amines) is 1. The number of rotatable bonds is 5. The van der Waals surface area contributed by atoms with E-state index in [0.717, 1.165) is 38.2 Å². The summed E-state index contributed by atoms with van der Waals surface area (Å²) in [6.45, 7) is 9.17. The van der Waals surface area contributed by atoms with Crippen molar-refractivity contribution in [3.8, 4) is 0 Å². The zero-order valence-electron chi connectivity index (χ0n) is 16.2. The molecule has 1 fully saturated rings. The lowest BCUT2D eigenvalue weighted by Gasteiger charge is -2.39. The van der Waals surface area contributed by atoms with Crippen molar-refractivity contribution < 1.29 is 4.79 Å². The molecule has 0 atom stereocenters. The fraction of sp³-hybridized carbons (Fsp3) is 0.435. The summed E-state index contributed by atoms with van der Waals surface area (Å²) in [5.74, 6) is 0.244. The first-order valence-electron chi connectivity index (χ1n) is 9.70. The molecule has 0 bridgehead atoms. The highest BCUT2D eigenvalue weighted by Gasteiger charge is 2.30. The monoisotopic (exact) mass is 350 g/mol. The van der Waals surface area contributed by atoms with Gasteiger partial charge in [-0.2, -0.15) is 0 Å². The van der Waals surface area contributed by atoms with E-state index in [2.05, 4.69) is 48.2 Å². The van der Waals surface area contributed by atoms with Crippen molar-refractivity contribution in [2.75, 3.05) is 18.0 Å². The number of hydrogen-bond donors (Lipinski definition) is 0. The molecule has 0 aliphatic carbocycles. The van der Waals surface area contributed by atoms with Gasteiger partial charge >= 0.3 is 0 Å². The molecule has 0 radical (unpaired) electrons. The Labute approximate surface area is 157 Å². The van der Waals surface area contributed by atoms with Crippen LogP contribution in [-0.2, 0) is 11.3 Å². The molecule has 3 nitrogen and oxygen atoms in total. The van der Waals surface area contributed by atoms with Gasteiger partial charge < -0.3 is 4.90 Å². The van der Waals surface area contributed by atoms with Gasteiger partial charge in [-0.1, -0.05) is 61.9 Å². The summed E-state index contributed by atoms with van der Waals surface area (Å²) in [5.41, 5.74) is 3.70. The summed E-state index contributed by atoms with van der Waals surface area (Å²) >= 11 is 0. The summed E-state index contributed by atoms with van der Waals surface area (Å²) in [6, 6.07) is 19.2. The van der Waals surface area contributed by atoms with E-state index in [9.17, 15) is 4.79 Å². The predicted octanol–water partition coefficient (Wildman–Crippen LogP) is 4.65. The van der Waals surface area contributed by atoms with Crippen molar-refractivity contribution in [3.05, 3.63) is 65.7 Å². The molecule has 0 saturated carbocycles. The van der Waals surface area contributed by atoms with Crippen LogP contribution in [0.1, 0.15) is 37.8 Å². The van der Waals surface area contributed by atoms with E-state index in [-0.39, 0.29) is 11.8 Å². The van der Waals surface area contributed by atoms with Gasteiger partial charge in [0.2, 0.25) is 5.91 Å². The van der Waals surface area contributed by atoms with E-state index in [1.165, 1.54) is 11.1 Å². The summed E-state index contributed by atoms with van der Waals surface area (Å²) in [4.78, 5) is 17.4. The first kappa shape index (κ1) is 18.7.